The third-order valence-corrected chi connectivity index (χ3v) is 17.3. The minimum atomic E-state index is -4.35. The van der Waals surface area contributed by atoms with Gasteiger partial charge >= 0.3 is 20.2 Å². The van der Waals surface area contributed by atoms with Gasteiger partial charge in [-0.25, -0.2) is 0 Å². The van der Waals surface area contributed by atoms with Crippen molar-refractivity contribution in [3.63, 3.8) is 0 Å². The number of aromatic nitrogens is 2. The second kappa shape index (κ2) is 18.7. The summed E-state index contributed by atoms with van der Waals surface area (Å²) in [5.41, 5.74) is 9.36. The van der Waals surface area contributed by atoms with Crippen molar-refractivity contribution in [1.29, 1.82) is 0 Å². The van der Waals surface area contributed by atoms with Crippen molar-refractivity contribution in [3.05, 3.63) is 127 Å². The van der Waals surface area contributed by atoms with E-state index in [2.05, 4.69) is 48.6 Å². The van der Waals surface area contributed by atoms with Crippen LogP contribution in [0.2, 0.25) is 20.1 Å². The zero-order valence-corrected chi connectivity index (χ0v) is 39.9. The highest BCUT2D eigenvalue weighted by Crippen LogP contribution is 2.46. The van der Waals surface area contributed by atoms with Crippen molar-refractivity contribution in [1.82, 2.24) is 14.0 Å². The summed E-state index contributed by atoms with van der Waals surface area (Å²) in [4.78, 5) is 3.97. The smallest absolute Gasteiger partial charge is 0.304 e. The molecular weight excluding hydrogens is 949 g/mol. The first-order valence-corrected chi connectivity index (χ1v) is 26.2. The van der Waals surface area contributed by atoms with E-state index in [9.17, 15) is 25.9 Å². The summed E-state index contributed by atoms with van der Waals surface area (Å²) >= 11 is 28.1. The van der Waals surface area contributed by atoms with Crippen LogP contribution in [0.1, 0.15) is 71.9 Å². The Balaban J connectivity index is 0.923. The summed E-state index contributed by atoms with van der Waals surface area (Å²) in [5.74, 6) is 0. The van der Waals surface area contributed by atoms with Crippen LogP contribution < -0.4 is 0 Å². The minimum Gasteiger partial charge on any atom is -0.313 e. The van der Waals surface area contributed by atoms with Crippen LogP contribution >= 0.6 is 69.1 Å². The van der Waals surface area contributed by atoms with E-state index in [1.165, 1.54) is 0 Å². The van der Waals surface area contributed by atoms with Crippen LogP contribution in [0.25, 0.3) is 44.7 Å². The fraction of sp³-hybridized carbons (Fsp3) is 0.289. The van der Waals surface area contributed by atoms with E-state index < -0.39 is 20.2 Å². The molecule has 326 valence electrons. The quantitative estimate of drug-likeness (QED) is 0.0823. The molecule has 9 nitrogen and oxygen atoms in total. The summed E-state index contributed by atoms with van der Waals surface area (Å²) in [7, 11) is -6.57. The van der Waals surface area contributed by atoms with Crippen LogP contribution in [-0.4, -0.2) is 60.1 Å². The second-order valence-corrected chi connectivity index (χ2v) is 22.7. The average molecular weight is 992 g/mol. The molecule has 0 saturated heterocycles. The van der Waals surface area contributed by atoms with Gasteiger partial charge in [0.15, 0.2) is 0 Å². The maximum Gasteiger partial charge on any atom is 0.304 e. The monoisotopic (exact) mass is 989 g/mol. The van der Waals surface area contributed by atoms with E-state index in [-0.39, 0.29) is 8.42 Å². The Morgan fingerprint density at radius 1 is 0.645 bits per heavy atom. The molecule has 6 aromatic rings. The summed E-state index contributed by atoms with van der Waals surface area (Å²) in [6.45, 7) is 1.86. The van der Waals surface area contributed by atoms with Crippen molar-refractivity contribution >= 4 is 101 Å². The summed E-state index contributed by atoms with van der Waals surface area (Å²) in [6.07, 6.45) is 21.2. The number of thiophene rings is 2. The van der Waals surface area contributed by atoms with Crippen LogP contribution in [0.5, 0.6) is 0 Å². The predicted molar refractivity (Wildman–Crippen MR) is 256 cm³/mol. The fourth-order valence-corrected chi connectivity index (χ4v) is 13.4. The lowest BCUT2D eigenvalue weighted by Crippen LogP contribution is -2.20. The van der Waals surface area contributed by atoms with Gasteiger partial charge in [-0.3, -0.25) is 9.11 Å². The zero-order chi connectivity index (χ0) is 43.9. The Morgan fingerprint density at radius 3 is 1.45 bits per heavy atom. The molecule has 0 fully saturated rings. The standard InChI is InChI=1S/C45H43Cl4N3O6S4/c1-50(20-6-2-4-10-30-26-51(38-18-16-32(46)24-36(38)48)42-34(30)14-8-12-28-22-40(59-44(28)42)61(53,54)55)21-7-3-5-11-31-27-52(39-19-17-33(47)25-37(39)49)43-35(31)15-9-13-29-23-41(60-45(29)43)62(56,57)58/h4-5,10-11,16-19,22-27H,2-3,6-9,12-15,20-21H2,1H3,(H,53,54,55)(H,56,57,58)/b10-4+,11-5+. The molecule has 0 bridgehead atoms. The third-order valence-electron chi connectivity index (χ3n) is 11.3. The number of benzene rings is 2. The summed E-state index contributed by atoms with van der Waals surface area (Å²) < 4.78 is 72.2. The number of hydrogen-bond donors (Lipinski definition) is 2. The van der Waals surface area contributed by atoms with Crippen molar-refractivity contribution in [3.8, 4) is 32.5 Å². The van der Waals surface area contributed by atoms with Gasteiger partial charge in [0.1, 0.15) is 8.42 Å². The van der Waals surface area contributed by atoms with Crippen LogP contribution in [0.15, 0.2) is 81.5 Å². The van der Waals surface area contributed by atoms with E-state index in [4.69, 9.17) is 46.4 Å². The molecule has 0 amide bonds. The molecule has 17 heteroatoms. The lowest BCUT2D eigenvalue weighted by atomic mass is 10.1. The highest BCUT2D eigenvalue weighted by atomic mass is 35.5. The lowest BCUT2D eigenvalue weighted by Gasteiger charge is -2.15. The highest BCUT2D eigenvalue weighted by Gasteiger charge is 2.29. The maximum absolute atomic E-state index is 12.1. The largest absolute Gasteiger partial charge is 0.313 e. The summed E-state index contributed by atoms with van der Waals surface area (Å²) in [5, 5.41) is 1.99. The zero-order valence-electron chi connectivity index (χ0n) is 33.6. The van der Waals surface area contributed by atoms with Crippen molar-refractivity contribution in [2.45, 2.75) is 72.6 Å². The third kappa shape index (κ3) is 9.74. The van der Waals surface area contributed by atoms with Crippen LogP contribution in [-0.2, 0) is 45.9 Å². The molecule has 0 unspecified atom stereocenters. The first-order chi connectivity index (χ1) is 29.6. The highest BCUT2D eigenvalue weighted by molar-refractivity contribution is 7.88. The predicted octanol–water partition coefficient (Wildman–Crippen LogP) is 13.0. The first-order valence-electron chi connectivity index (χ1n) is 20.2. The number of unbranched alkanes of at least 4 members (excludes halogenated alkanes) is 2. The molecule has 4 aromatic heterocycles. The number of halogens is 4. The van der Waals surface area contributed by atoms with Gasteiger partial charge < -0.3 is 14.0 Å². The Morgan fingerprint density at radius 2 is 1.06 bits per heavy atom. The molecule has 4 heterocycles. The second-order valence-electron chi connectivity index (χ2n) is 15.6. The number of rotatable bonds is 14. The number of aryl methyl sites for hydroxylation is 2. The van der Waals surface area contributed by atoms with E-state index in [0.717, 1.165) is 153 Å². The topological polar surface area (TPSA) is 122 Å². The van der Waals surface area contributed by atoms with Gasteiger partial charge in [-0.05, 0) is 166 Å². The number of nitrogens with zero attached hydrogens (tertiary/aromatic N) is 3. The Kier molecular flexibility index (Phi) is 13.7. The van der Waals surface area contributed by atoms with Crippen LogP contribution in [0.4, 0.5) is 0 Å². The van der Waals surface area contributed by atoms with Gasteiger partial charge in [0, 0.05) is 22.4 Å². The van der Waals surface area contributed by atoms with Gasteiger partial charge in [-0.1, -0.05) is 70.7 Å². The van der Waals surface area contributed by atoms with Crippen LogP contribution in [0, 0.1) is 0 Å². The Bertz CT molecular complexity index is 2760. The van der Waals surface area contributed by atoms with Gasteiger partial charge in [-0.15, -0.1) is 22.7 Å². The molecule has 0 saturated carbocycles. The van der Waals surface area contributed by atoms with Crippen molar-refractivity contribution < 1.29 is 25.9 Å². The molecule has 0 aliphatic heterocycles. The molecule has 62 heavy (non-hydrogen) atoms. The fourth-order valence-electron chi connectivity index (χ4n) is 8.40. The van der Waals surface area contributed by atoms with Crippen LogP contribution in [0.3, 0.4) is 0 Å². The van der Waals surface area contributed by atoms with E-state index in [0.29, 0.717) is 32.9 Å². The van der Waals surface area contributed by atoms with E-state index in [1.807, 2.05) is 21.3 Å². The number of allylic oxidation sites excluding steroid dienone is 2. The molecule has 0 atom stereocenters. The van der Waals surface area contributed by atoms with Gasteiger partial charge in [0.25, 0.3) is 0 Å². The molecule has 2 aliphatic carbocycles. The van der Waals surface area contributed by atoms with Crippen molar-refractivity contribution in [2.75, 3.05) is 20.1 Å². The molecule has 0 spiro atoms. The minimum absolute atomic E-state index is 0.0641. The maximum atomic E-state index is 12.1. The van der Waals surface area contributed by atoms with E-state index >= 15 is 0 Å². The Hall–Kier alpha value is -3.18. The van der Waals surface area contributed by atoms with Gasteiger partial charge in [0.05, 0.1) is 42.6 Å². The molecule has 2 aromatic carbocycles. The molecule has 2 N–H and O–H groups in total. The first kappa shape index (κ1) is 45.4. The molecule has 0 radical (unpaired) electrons. The van der Waals surface area contributed by atoms with Gasteiger partial charge in [-0.2, -0.15) is 16.8 Å². The average Bonchev–Trinajstić information content (AvgIpc) is 3.94. The van der Waals surface area contributed by atoms with Gasteiger partial charge in [0.2, 0.25) is 0 Å². The number of hydrogen-bond acceptors (Lipinski definition) is 7. The molecule has 8 rings (SSSR count). The lowest BCUT2D eigenvalue weighted by molar-refractivity contribution is 0.327. The summed E-state index contributed by atoms with van der Waals surface area (Å²) in [6, 6.07) is 13.9. The SMILES string of the molecule is CN(CCC/C=C/c1cn(-c2ccc(Cl)cc2Cl)c2c1CCCc1cc(S(=O)(=O)O)sc1-2)CCC/C=C/c1cn(-c2ccc(Cl)cc2Cl)c2c1CCCc1cc(S(=O)(=O)O)sc1-2. The number of fused-ring (bicyclic) bond motifs is 6. The van der Waals surface area contributed by atoms with E-state index in [1.54, 1.807) is 36.4 Å². The molecular formula is C45H43Cl4N3O6S4. The Labute approximate surface area is 390 Å². The van der Waals surface area contributed by atoms with Crippen molar-refractivity contribution in [2.24, 2.45) is 0 Å². The molecule has 2 aliphatic rings. The normalized spacial score (nSPS) is 14.3.